The van der Waals surface area contributed by atoms with E-state index >= 15 is 0 Å². The molecule has 0 spiro atoms. The Balaban J connectivity index is 1.75. The molecule has 2 amide bonds. The summed E-state index contributed by atoms with van der Waals surface area (Å²) >= 11 is 6.80. The van der Waals surface area contributed by atoms with Gasteiger partial charge in [0.2, 0.25) is 11.8 Å². The van der Waals surface area contributed by atoms with Crippen LogP contribution in [-0.2, 0) is 9.59 Å². The number of halogens is 2. The van der Waals surface area contributed by atoms with E-state index in [1.807, 2.05) is 50.2 Å². The van der Waals surface area contributed by atoms with Crippen molar-refractivity contribution in [2.24, 2.45) is 10.2 Å². The molecule has 0 saturated carbocycles. The van der Waals surface area contributed by atoms with Crippen molar-refractivity contribution in [3.8, 4) is 11.5 Å². The van der Waals surface area contributed by atoms with Crippen molar-refractivity contribution < 1.29 is 19.1 Å². The maximum absolute atomic E-state index is 12.0. The van der Waals surface area contributed by atoms with E-state index in [0.29, 0.717) is 31.1 Å². The van der Waals surface area contributed by atoms with Gasteiger partial charge in [-0.15, -0.1) is 0 Å². The van der Waals surface area contributed by atoms with Crippen molar-refractivity contribution in [1.82, 2.24) is 10.9 Å². The minimum absolute atomic E-state index is 0.158. The summed E-state index contributed by atoms with van der Waals surface area (Å²) in [6.07, 6.45) is 3.72. The molecule has 176 valence electrons. The second kappa shape index (κ2) is 14.4. The zero-order valence-electron chi connectivity index (χ0n) is 18.4. The molecule has 2 aromatic rings. The molecule has 0 unspecified atom stereocenters. The average molecular weight is 582 g/mol. The molecule has 0 fully saturated rings. The number of ether oxygens (including phenoxy) is 2. The van der Waals surface area contributed by atoms with Crippen LogP contribution < -0.4 is 20.3 Å². The van der Waals surface area contributed by atoms with Crippen LogP contribution in [0.3, 0.4) is 0 Å². The third-order valence-corrected chi connectivity index (χ3v) is 5.12. The van der Waals surface area contributed by atoms with Crippen LogP contribution in [0.2, 0.25) is 0 Å². The molecule has 2 aromatic carbocycles. The molecular formula is C23H26Br2N4O4. The van der Waals surface area contributed by atoms with Crippen LogP contribution >= 0.6 is 31.9 Å². The summed E-state index contributed by atoms with van der Waals surface area (Å²) in [6.45, 7) is 4.84. The smallest absolute Gasteiger partial charge is 0.240 e. The van der Waals surface area contributed by atoms with Crippen LogP contribution in [0.4, 0.5) is 0 Å². The fourth-order valence-corrected chi connectivity index (χ4v) is 3.44. The average Bonchev–Trinajstić information content (AvgIpc) is 2.77. The molecule has 8 nitrogen and oxygen atoms in total. The summed E-state index contributed by atoms with van der Waals surface area (Å²) < 4.78 is 12.8. The molecule has 2 rings (SSSR count). The van der Waals surface area contributed by atoms with Gasteiger partial charge in [-0.25, -0.2) is 10.9 Å². The quantitative estimate of drug-likeness (QED) is 0.278. The highest BCUT2D eigenvalue weighted by molar-refractivity contribution is 9.10. The lowest BCUT2D eigenvalue weighted by atomic mass is 10.2. The normalized spacial score (nSPS) is 11.0. The van der Waals surface area contributed by atoms with Crippen molar-refractivity contribution in [1.29, 1.82) is 0 Å². The molecule has 0 aromatic heterocycles. The third-order valence-electron chi connectivity index (χ3n) is 4.14. The molecule has 0 aliphatic carbocycles. The van der Waals surface area contributed by atoms with Crippen molar-refractivity contribution in [3.63, 3.8) is 0 Å². The number of nitrogens with zero attached hydrogens (tertiary/aromatic N) is 2. The summed E-state index contributed by atoms with van der Waals surface area (Å²) in [5.74, 6) is 0.774. The predicted molar refractivity (Wildman–Crippen MR) is 136 cm³/mol. The SMILES string of the molecule is CCOc1ccc(Br)cc1/C=N\NC(=O)CCCC(=O)N/N=C\c1cc(Br)ccc1OCC. The molecule has 0 heterocycles. The number of hydrogen-bond acceptors (Lipinski definition) is 6. The lowest BCUT2D eigenvalue weighted by Crippen LogP contribution is -2.20. The first-order valence-corrected chi connectivity index (χ1v) is 12.0. The van der Waals surface area contributed by atoms with E-state index in [0.717, 1.165) is 20.1 Å². The van der Waals surface area contributed by atoms with Gasteiger partial charge >= 0.3 is 0 Å². The summed E-state index contributed by atoms with van der Waals surface area (Å²) in [5.41, 5.74) is 6.40. The lowest BCUT2D eigenvalue weighted by Gasteiger charge is -2.07. The first-order chi connectivity index (χ1) is 15.9. The van der Waals surface area contributed by atoms with Crippen LogP contribution in [-0.4, -0.2) is 37.5 Å². The summed E-state index contributed by atoms with van der Waals surface area (Å²) in [7, 11) is 0. The van der Waals surface area contributed by atoms with E-state index < -0.39 is 0 Å². The Kier molecular flexibility index (Phi) is 11.6. The van der Waals surface area contributed by atoms with Gasteiger partial charge < -0.3 is 9.47 Å². The van der Waals surface area contributed by atoms with Crippen LogP contribution in [0.25, 0.3) is 0 Å². The predicted octanol–water partition coefficient (Wildman–Crippen LogP) is 4.78. The topological polar surface area (TPSA) is 101 Å². The molecule has 10 heteroatoms. The Morgan fingerprint density at radius 3 is 1.64 bits per heavy atom. The van der Waals surface area contributed by atoms with E-state index in [9.17, 15) is 9.59 Å². The fraction of sp³-hybridized carbons (Fsp3) is 0.304. The Labute approximate surface area is 210 Å². The van der Waals surface area contributed by atoms with E-state index in [-0.39, 0.29) is 24.7 Å². The maximum atomic E-state index is 12.0. The highest BCUT2D eigenvalue weighted by Gasteiger charge is 2.06. The second-order valence-corrected chi connectivity index (χ2v) is 8.50. The standard InChI is InChI=1S/C23H26Br2N4O4/c1-3-32-20-10-8-18(24)12-16(20)14-26-28-22(30)6-5-7-23(31)29-27-15-17-13-19(25)9-11-21(17)33-4-2/h8-15H,3-7H2,1-2H3,(H,28,30)(H,29,31)/b26-14-,27-15-. The van der Waals surface area contributed by atoms with Gasteiger partial charge in [-0.3, -0.25) is 9.59 Å². The molecule has 0 atom stereocenters. The number of nitrogens with one attached hydrogen (secondary N) is 2. The number of carbonyl (C=O) groups excluding carboxylic acids is 2. The van der Waals surface area contributed by atoms with Crippen LogP contribution in [0.15, 0.2) is 55.5 Å². The summed E-state index contributed by atoms with van der Waals surface area (Å²) in [5, 5.41) is 7.94. The van der Waals surface area contributed by atoms with Gasteiger partial charge in [0, 0.05) is 32.9 Å². The number of rotatable bonds is 12. The van der Waals surface area contributed by atoms with Gasteiger partial charge in [0.25, 0.3) is 0 Å². The monoisotopic (exact) mass is 580 g/mol. The minimum atomic E-state index is -0.286. The first-order valence-electron chi connectivity index (χ1n) is 10.4. The molecule has 33 heavy (non-hydrogen) atoms. The van der Waals surface area contributed by atoms with Crippen molar-refractivity contribution in [2.75, 3.05) is 13.2 Å². The first kappa shape index (κ1) is 26.5. The Morgan fingerprint density at radius 2 is 1.24 bits per heavy atom. The van der Waals surface area contributed by atoms with Crippen LogP contribution in [0, 0.1) is 0 Å². The molecule has 2 N–H and O–H groups in total. The third kappa shape index (κ3) is 9.75. The van der Waals surface area contributed by atoms with Gasteiger partial charge in [-0.05, 0) is 56.7 Å². The zero-order valence-corrected chi connectivity index (χ0v) is 21.6. The van der Waals surface area contributed by atoms with Crippen molar-refractivity contribution in [3.05, 3.63) is 56.5 Å². The Hall–Kier alpha value is -2.72. The molecule has 0 radical (unpaired) electrons. The minimum Gasteiger partial charge on any atom is -0.493 e. The van der Waals surface area contributed by atoms with E-state index in [1.165, 1.54) is 12.4 Å². The highest BCUT2D eigenvalue weighted by Crippen LogP contribution is 2.22. The van der Waals surface area contributed by atoms with Gasteiger partial charge in [-0.2, -0.15) is 10.2 Å². The molecule has 0 aliphatic heterocycles. The molecule has 0 saturated heterocycles. The van der Waals surface area contributed by atoms with Gasteiger partial charge in [0.1, 0.15) is 11.5 Å². The fourth-order valence-electron chi connectivity index (χ4n) is 2.68. The van der Waals surface area contributed by atoms with Crippen LogP contribution in [0.5, 0.6) is 11.5 Å². The summed E-state index contributed by atoms with van der Waals surface area (Å²) in [4.78, 5) is 24.0. The molecule has 0 bridgehead atoms. The van der Waals surface area contributed by atoms with Gasteiger partial charge in [0.05, 0.1) is 25.6 Å². The van der Waals surface area contributed by atoms with E-state index in [1.54, 1.807) is 0 Å². The number of benzene rings is 2. The molecular weight excluding hydrogens is 556 g/mol. The number of hydrogen-bond donors (Lipinski definition) is 2. The zero-order chi connectivity index (χ0) is 24.1. The largest absolute Gasteiger partial charge is 0.493 e. The van der Waals surface area contributed by atoms with E-state index in [2.05, 4.69) is 52.9 Å². The van der Waals surface area contributed by atoms with E-state index in [4.69, 9.17) is 9.47 Å². The Bertz CT molecular complexity index is 932. The Morgan fingerprint density at radius 1 is 0.818 bits per heavy atom. The number of hydrazone groups is 2. The number of amides is 2. The van der Waals surface area contributed by atoms with Gasteiger partial charge in [0.15, 0.2) is 0 Å². The van der Waals surface area contributed by atoms with Gasteiger partial charge in [-0.1, -0.05) is 31.9 Å². The highest BCUT2D eigenvalue weighted by atomic mass is 79.9. The molecule has 0 aliphatic rings. The summed E-state index contributed by atoms with van der Waals surface area (Å²) in [6, 6.07) is 11.1. The van der Waals surface area contributed by atoms with Crippen molar-refractivity contribution >= 4 is 56.1 Å². The lowest BCUT2D eigenvalue weighted by molar-refractivity contribution is -0.122. The van der Waals surface area contributed by atoms with Crippen molar-refractivity contribution in [2.45, 2.75) is 33.1 Å². The maximum Gasteiger partial charge on any atom is 0.240 e. The number of carbonyl (C=O) groups is 2. The second-order valence-electron chi connectivity index (χ2n) is 6.67. The van der Waals surface area contributed by atoms with Crippen LogP contribution in [0.1, 0.15) is 44.2 Å².